The Kier molecular flexibility index (Phi) is 7.34. The van der Waals surface area contributed by atoms with Crippen LogP contribution in [0.4, 0.5) is 0 Å². The van der Waals surface area contributed by atoms with E-state index in [1.54, 1.807) is 0 Å². The quantitative estimate of drug-likeness (QED) is 0.451. The highest BCUT2D eigenvalue weighted by Crippen LogP contribution is 2.42. The van der Waals surface area contributed by atoms with Crippen molar-refractivity contribution in [1.82, 2.24) is 0 Å². The monoisotopic (exact) mass is 252 g/mol. The van der Waals surface area contributed by atoms with E-state index in [1.165, 1.54) is 51.4 Å². The van der Waals surface area contributed by atoms with Gasteiger partial charge in [-0.25, -0.2) is 0 Å². The first kappa shape index (κ1) is 16.1. The second-order valence-corrected chi connectivity index (χ2v) is 7.66. The van der Waals surface area contributed by atoms with Crippen molar-refractivity contribution in [2.75, 3.05) is 0 Å². The van der Waals surface area contributed by atoms with E-state index in [-0.39, 0.29) is 0 Å². The van der Waals surface area contributed by atoms with Gasteiger partial charge in [-0.15, -0.1) is 0 Å². The van der Waals surface area contributed by atoms with E-state index in [9.17, 15) is 0 Å². The summed E-state index contributed by atoms with van der Waals surface area (Å²) in [6.07, 6.45) is 11.7. The molecule has 1 aliphatic rings. The summed E-state index contributed by atoms with van der Waals surface area (Å²) in [6.45, 7) is 12.0. The Bertz CT molecular complexity index is 200. The van der Waals surface area contributed by atoms with Crippen molar-refractivity contribution < 1.29 is 0 Å². The Morgan fingerprint density at radius 1 is 0.889 bits per heavy atom. The van der Waals surface area contributed by atoms with Gasteiger partial charge in [-0.1, -0.05) is 53.9 Å². The molecule has 0 saturated heterocycles. The summed E-state index contributed by atoms with van der Waals surface area (Å²) in [5.74, 6) is 4.96. The van der Waals surface area contributed by atoms with E-state index in [4.69, 9.17) is 0 Å². The van der Waals surface area contributed by atoms with Gasteiger partial charge in [0.05, 0.1) is 0 Å². The lowest BCUT2D eigenvalue weighted by molar-refractivity contribution is 0.134. The fourth-order valence-corrected chi connectivity index (χ4v) is 3.95. The van der Waals surface area contributed by atoms with E-state index in [2.05, 4.69) is 34.6 Å². The van der Waals surface area contributed by atoms with Crippen LogP contribution in [0.1, 0.15) is 86.0 Å². The van der Waals surface area contributed by atoms with Crippen molar-refractivity contribution in [3.63, 3.8) is 0 Å². The molecule has 1 saturated carbocycles. The molecular formula is C18H36. The summed E-state index contributed by atoms with van der Waals surface area (Å²) in [7, 11) is 0. The fourth-order valence-electron chi connectivity index (χ4n) is 3.95. The van der Waals surface area contributed by atoms with Crippen LogP contribution < -0.4 is 0 Å². The summed E-state index contributed by atoms with van der Waals surface area (Å²) >= 11 is 0. The zero-order valence-corrected chi connectivity index (χ0v) is 13.5. The summed E-state index contributed by atoms with van der Waals surface area (Å²) in [6, 6.07) is 0. The Hall–Kier alpha value is 0. The largest absolute Gasteiger partial charge is 0.0654 e. The molecule has 0 aromatic heterocycles. The van der Waals surface area contributed by atoms with Crippen molar-refractivity contribution in [2.24, 2.45) is 29.6 Å². The Morgan fingerprint density at radius 3 is 2.06 bits per heavy atom. The molecule has 1 fully saturated rings. The average molecular weight is 252 g/mol. The molecule has 0 heterocycles. The Balaban J connectivity index is 2.06. The smallest absolute Gasteiger partial charge is 0.0406 e. The van der Waals surface area contributed by atoms with Gasteiger partial charge in [0.25, 0.3) is 0 Å². The first-order chi connectivity index (χ1) is 8.51. The molecule has 108 valence electrons. The highest BCUT2D eigenvalue weighted by Gasteiger charge is 2.30. The summed E-state index contributed by atoms with van der Waals surface area (Å²) < 4.78 is 0. The number of unbranched alkanes of at least 4 members (excludes halogenated alkanes) is 1. The molecule has 0 bridgehead atoms. The standard InChI is InChI=1S/C18H36/c1-6-7-8-15(4)10-16(5)11-18-12-17(13-18)9-14(2)3/h14-18H,6-13H2,1-5H3. The second-order valence-electron chi connectivity index (χ2n) is 7.66. The molecule has 0 N–H and O–H groups in total. The zero-order chi connectivity index (χ0) is 13.5. The Labute approximate surface area is 116 Å². The molecule has 2 atom stereocenters. The van der Waals surface area contributed by atoms with Gasteiger partial charge in [-0.05, 0) is 61.7 Å². The lowest BCUT2D eigenvalue weighted by Crippen LogP contribution is -2.26. The van der Waals surface area contributed by atoms with Gasteiger partial charge in [-0.2, -0.15) is 0 Å². The molecule has 0 nitrogen and oxygen atoms in total. The first-order valence-corrected chi connectivity index (χ1v) is 8.51. The van der Waals surface area contributed by atoms with Crippen LogP contribution in [0.3, 0.4) is 0 Å². The van der Waals surface area contributed by atoms with Crippen molar-refractivity contribution in [1.29, 1.82) is 0 Å². The molecule has 0 radical (unpaired) electrons. The van der Waals surface area contributed by atoms with Crippen molar-refractivity contribution >= 4 is 0 Å². The van der Waals surface area contributed by atoms with E-state index in [0.29, 0.717) is 0 Å². The van der Waals surface area contributed by atoms with Crippen LogP contribution in [0.15, 0.2) is 0 Å². The Morgan fingerprint density at radius 2 is 1.50 bits per heavy atom. The van der Waals surface area contributed by atoms with Gasteiger partial charge in [-0.3, -0.25) is 0 Å². The van der Waals surface area contributed by atoms with Crippen molar-refractivity contribution in [3.8, 4) is 0 Å². The average Bonchev–Trinajstić information content (AvgIpc) is 2.22. The minimum Gasteiger partial charge on any atom is -0.0654 e. The van der Waals surface area contributed by atoms with Crippen molar-refractivity contribution in [2.45, 2.75) is 86.0 Å². The van der Waals surface area contributed by atoms with Gasteiger partial charge in [0, 0.05) is 0 Å². The SMILES string of the molecule is CCCCC(C)CC(C)CC1CC(CC(C)C)C1. The van der Waals surface area contributed by atoms with E-state index < -0.39 is 0 Å². The first-order valence-electron chi connectivity index (χ1n) is 8.51. The van der Waals surface area contributed by atoms with Gasteiger partial charge in [0.15, 0.2) is 0 Å². The van der Waals surface area contributed by atoms with Gasteiger partial charge in [0.1, 0.15) is 0 Å². The maximum Gasteiger partial charge on any atom is -0.0406 e. The molecule has 18 heavy (non-hydrogen) atoms. The molecule has 2 unspecified atom stereocenters. The number of hydrogen-bond acceptors (Lipinski definition) is 0. The van der Waals surface area contributed by atoms with Crippen LogP contribution in [0.5, 0.6) is 0 Å². The van der Waals surface area contributed by atoms with E-state index in [1.807, 2.05) is 0 Å². The normalized spacial score (nSPS) is 27.0. The van der Waals surface area contributed by atoms with Crippen LogP contribution in [0.25, 0.3) is 0 Å². The molecule has 0 aromatic carbocycles. The summed E-state index contributed by atoms with van der Waals surface area (Å²) in [4.78, 5) is 0. The minimum atomic E-state index is 0.905. The maximum absolute atomic E-state index is 2.48. The molecular weight excluding hydrogens is 216 g/mol. The van der Waals surface area contributed by atoms with E-state index >= 15 is 0 Å². The molecule has 0 aromatic rings. The van der Waals surface area contributed by atoms with E-state index in [0.717, 1.165) is 29.6 Å². The topological polar surface area (TPSA) is 0 Å². The molecule has 0 spiro atoms. The number of hydrogen-bond donors (Lipinski definition) is 0. The number of rotatable bonds is 9. The van der Waals surface area contributed by atoms with Crippen LogP contribution in [-0.4, -0.2) is 0 Å². The summed E-state index contributed by atoms with van der Waals surface area (Å²) in [5.41, 5.74) is 0. The van der Waals surface area contributed by atoms with Crippen LogP contribution >= 0.6 is 0 Å². The molecule has 0 amide bonds. The van der Waals surface area contributed by atoms with Crippen LogP contribution in [0.2, 0.25) is 0 Å². The lowest BCUT2D eigenvalue weighted by Gasteiger charge is -2.38. The van der Waals surface area contributed by atoms with Gasteiger partial charge < -0.3 is 0 Å². The molecule has 0 aliphatic heterocycles. The highest BCUT2D eigenvalue weighted by molar-refractivity contribution is 4.81. The second kappa shape index (κ2) is 8.23. The third-order valence-electron chi connectivity index (χ3n) is 4.73. The van der Waals surface area contributed by atoms with Gasteiger partial charge in [0.2, 0.25) is 0 Å². The third kappa shape index (κ3) is 6.25. The minimum absolute atomic E-state index is 0.905. The maximum atomic E-state index is 2.48. The van der Waals surface area contributed by atoms with Crippen molar-refractivity contribution in [3.05, 3.63) is 0 Å². The zero-order valence-electron chi connectivity index (χ0n) is 13.5. The third-order valence-corrected chi connectivity index (χ3v) is 4.73. The highest BCUT2D eigenvalue weighted by atomic mass is 14.4. The molecule has 0 heteroatoms. The molecule has 1 rings (SSSR count). The van der Waals surface area contributed by atoms with Gasteiger partial charge >= 0.3 is 0 Å². The summed E-state index contributed by atoms with van der Waals surface area (Å²) in [5, 5.41) is 0. The lowest BCUT2D eigenvalue weighted by atomic mass is 9.68. The fraction of sp³-hybridized carbons (Fsp3) is 1.00. The predicted octanol–water partition coefficient (Wildman–Crippen LogP) is 6.30. The predicted molar refractivity (Wildman–Crippen MR) is 82.8 cm³/mol. The van der Waals surface area contributed by atoms with Crippen LogP contribution in [0, 0.1) is 29.6 Å². The molecule has 1 aliphatic carbocycles. The van der Waals surface area contributed by atoms with Crippen LogP contribution in [-0.2, 0) is 0 Å².